The Labute approximate surface area is 122 Å². The minimum absolute atomic E-state index is 0.125. The van der Waals surface area contributed by atoms with Crippen LogP contribution in [0.15, 0.2) is 17.5 Å². The van der Waals surface area contributed by atoms with Gasteiger partial charge in [-0.05, 0) is 41.8 Å². The fourth-order valence-electron chi connectivity index (χ4n) is 3.45. The molecule has 0 radical (unpaired) electrons. The molecule has 0 amide bonds. The summed E-state index contributed by atoms with van der Waals surface area (Å²) >= 11 is 1.67. The molecule has 2 heterocycles. The molecule has 0 spiro atoms. The number of nitrogens with zero attached hydrogens (tertiary/aromatic N) is 1. The molecule has 3 rings (SSSR count). The highest BCUT2D eigenvalue weighted by Crippen LogP contribution is 2.39. The van der Waals surface area contributed by atoms with Crippen LogP contribution in [-0.2, 0) is 11.3 Å². The molecule has 1 aromatic rings. The van der Waals surface area contributed by atoms with Crippen LogP contribution in [0, 0.1) is 11.8 Å². The van der Waals surface area contributed by atoms with Crippen molar-refractivity contribution in [1.29, 1.82) is 0 Å². The van der Waals surface area contributed by atoms with Gasteiger partial charge in [-0.15, -0.1) is 11.3 Å². The number of carboxylic acid groups (broad SMARTS) is 1. The van der Waals surface area contributed by atoms with Gasteiger partial charge in [0.15, 0.2) is 0 Å². The predicted octanol–water partition coefficient (Wildman–Crippen LogP) is 2.05. The third-order valence-corrected chi connectivity index (χ3v) is 5.37. The number of carboxylic acids is 1. The molecule has 3 unspecified atom stereocenters. The molecule has 4 nitrogen and oxygen atoms in total. The number of carbonyl (C=O) groups is 1. The van der Waals surface area contributed by atoms with E-state index >= 15 is 0 Å². The molecule has 1 saturated heterocycles. The number of hydrogen-bond donors (Lipinski definition) is 2. The van der Waals surface area contributed by atoms with Gasteiger partial charge in [0.05, 0.1) is 6.10 Å². The number of aliphatic hydroxyl groups excluding tert-OH is 1. The molecular weight excluding hydrogens is 274 g/mol. The molecule has 1 aliphatic heterocycles. The summed E-state index contributed by atoms with van der Waals surface area (Å²) < 4.78 is 0. The van der Waals surface area contributed by atoms with Gasteiger partial charge in [0.2, 0.25) is 0 Å². The second-order valence-corrected chi connectivity index (χ2v) is 6.73. The van der Waals surface area contributed by atoms with Crippen molar-refractivity contribution in [3.05, 3.63) is 28.0 Å². The van der Waals surface area contributed by atoms with Crippen molar-refractivity contribution in [2.45, 2.75) is 25.5 Å². The van der Waals surface area contributed by atoms with Crippen LogP contribution in [0.1, 0.15) is 23.3 Å². The van der Waals surface area contributed by atoms with Gasteiger partial charge in [-0.2, -0.15) is 0 Å². The number of likely N-dealkylation sites (tertiary alicyclic amines) is 1. The summed E-state index contributed by atoms with van der Waals surface area (Å²) in [7, 11) is 0. The van der Waals surface area contributed by atoms with Crippen LogP contribution in [0.4, 0.5) is 0 Å². The largest absolute Gasteiger partial charge is 0.478 e. The van der Waals surface area contributed by atoms with Crippen molar-refractivity contribution in [3.8, 4) is 0 Å². The Kier molecular flexibility index (Phi) is 3.92. The Morgan fingerprint density at radius 3 is 3.05 bits per heavy atom. The van der Waals surface area contributed by atoms with Crippen molar-refractivity contribution in [2.24, 2.45) is 11.8 Å². The van der Waals surface area contributed by atoms with Gasteiger partial charge in [-0.3, -0.25) is 4.90 Å². The lowest BCUT2D eigenvalue weighted by Crippen LogP contribution is -2.24. The van der Waals surface area contributed by atoms with Crippen molar-refractivity contribution in [1.82, 2.24) is 4.90 Å². The maximum atomic E-state index is 10.6. The number of thiophene rings is 1. The van der Waals surface area contributed by atoms with Crippen LogP contribution in [0.3, 0.4) is 0 Å². The van der Waals surface area contributed by atoms with Gasteiger partial charge >= 0.3 is 5.97 Å². The fraction of sp³-hybridized carbons (Fsp3) is 0.533. The van der Waals surface area contributed by atoms with Crippen LogP contribution in [-0.4, -0.2) is 40.3 Å². The highest BCUT2D eigenvalue weighted by Gasteiger charge is 2.41. The lowest BCUT2D eigenvalue weighted by atomic mass is 10.00. The van der Waals surface area contributed by atoms with Gasteiger partial charge in [0.1, 0.15) is 0 Å². The molecule has 1 aromatic heterocycles. The highest BCUT2D eigenvalue weighted by atomic mass is 32.1. The van der Waals surface area contributed by atoms with Gasteiger partial charge in [0, 0.05) is 36.5 Å². The van der Waals surface area contributed by atoms with E-state index in [1.807, 2.05) is 11.4 Å². The molecule has 3 atom stereocenters. The van der Waals surface area contributed by atoms with E-state index in [4.69, 9.17) is 5.11 Å². The third-order valence-electron chi connectivity index (χ3n) is 4.45. The molecule has 2 fully saturated rings. The number of hydrogen-bond acceptors (Lipinski definition) is 4. The predicted molar refractivity (Wildman–Crippen MR) is 78.5 cm³/mol. The summed E-state index contributed by atoms with van der Waals surface area (Å²) in [6, 6.07) is 1.96. The normalized spacial score (nSPS) is 30.1. The zero-order valence-corrected chi connectivity index (χ0v) is 12.1. The first-order chi connectivity index (χ1) is 9.63. The first kappa shape index (κ1) is 13.8. The van der Waals surface area contributed by atoms with E-state index in [1.54, 1.807) is 17.4 Å². The Balaban J connectivity index is 1.65. The summed E-state index contributed by atoms with van der Waals surface area (Å²) in [5, 5.41) is 20.6. The Morgan fingerprint density at radius 1 is 1.45 bits per heavy atom. The van der Waals surface area contributed by atoms with E-state index in [9.17, 15) is 9.90 Å². The van der Waals surface area contributed by atoms with Gasteiger partial charge < -0.3 is 10.2 Å². The van der Waals surface area contributed by atoms with E-state index in [2.05, 4.69) is 4.90 Å². The van der Waals surface area contributed by atoms with Crippen molar-refractivity contribution < 1.29 is 15.0 Å². The first-order valence-corrected chi connectivity index (χ1v) is 7.89. The minimum Gasteiger partial charge on any atom is -0.478 e. The van der Waals surface area contributed by atoms with E-state index in [0.717, 1.165) is 38.0 Å². The lowest BCUT2D eigenvalue weighted by molar-refractivity contribution is -0.131. The van der Waals surface area contributed by atoms with E-state index in [1.165, 1.54) is 11.0 Å². The Morgan fingerprint density at radius 2 is 2.30 bits per heavy atom. The lowest BCUT2D eigenvalue weighted by Gasteiger charge is -2.17. The first-order valence-electron chi connectivity index (χ1n) is 7.01. The number of fused-ring (bicyclic) bond motifs is 1. The summed E-state index contributed by atoms with van der Waals surface area (Å²) in [4.78, 5) is 14.2. The molecule has 0 bridgehead atoms. The maximum absolute atomic E-state index is 10.6. The average Bonchev–Trinajstić information content (AvgIpc) is 3.07. The van der Waals surface area contributed by atoms with Crippen LogP contribution in [0.5, 0.6) is 0 Å². The number of aliphatic carboxylic acids is 1. The van der Waals surface area contributed by atoms with Crippen molar-refractivity contribution in [3.63, 3.8) is 0 Å². The quantitative estimate of drug-likeness (QED) is 0.834. The summed E-state index contributed by atoms with van der Waals surface area (Å²) in [5.74, 6) is 0.164. The second kappa shape index (κ2) is 5.68. The molecule has 20 heavy (non-hydrogen) atoms. The summed E-state index contributed by atoms with van der Waals surface area (Å²) in [5.41, 5.74) is 0.995. The second-order valence-electron chi connectivity index (χ2n) is 5.73. The van der Waals surface area contributed by atoms with E-state index in [-0.39, 0.29) is 6.10 Å². The monoisotopic (exact) mass is 293 g/mol. The van der Waals surface area contributed by atoms with E-state index < -0.39 is 5.97 Å². The van der Waals surface area contributed by atoms with Crippen LogP contribution >= 0.6 is 11.3 Å². The molecule has 2 N–H and O–H groups in total. The van der Waals surface area contributed by atoms with Gasteiger partial charge in [-0.1, -0.05) is 0 Å². The third kappa shape index (κ3) is 2.80. The van der Waals surface area contributed by atoms with Crippen molar-refractivity contribution >= 4 is 23.4 Å². The van der Waals surface area contributed by atoms with E-state index in [0.29, 0.717) is 11.8 Å². The zero-order valence-electron chi connectivity index (χ0n) is 11.2. The number of rotatable bonds is 4. The molecule has 2 aliphatic rings. The smallest absolute Gasteiger partial charge is 0.328 e. The Bertz CT molecular complexity index is 525. The molecule has 5 heteroatoms. The minimum atomic E-state index is -0.916. The maximum Gasteiger partial charge on any atom is 0.328 e. The zero-order chi connectivity index (χ0) is 14.1. The van der Waals surface area contributed by atoms with Crippen LogP contribution < -0.4 is 0 Å². The summed E-state index contributed by atoms with van der Waals surface area (Å²) in [6.07, 6.45) is 4.82. The molecule has 108 valence electrons. The molecule has 1 aliphatic carbocycles. The summed E-state index contributed by atoms with van der Waals surface area (Å²) in [6.45, 7) is 2.88. The van der Waals surface area contributed by atoms with Gasteiger partial charge in [-0.25, -0.2) is 4.79 Å². The fourth-order valence-corrected chi connectivity index (χ4v) is 4.36. The standard InChI is InChI=1S/C15H19NO3S/c17-13-3-1-11-7-16(8-12(11)13)9-14-10(5-6-20-14)2-4-15(18)19/h2,4-6,11-13,17H,1,3,7-9H2,(H,18,19)/b4-2+. The topological polar surface area (TPSA) is 60.8 Å². The average molecular weight is 293 g/mol. The molecule has 1 saturated carbocycles. The molecular formula is C15H19NO3S. The van der Waals surface area contributed by atoms with Crippen molar-refractivity contribution in [2.75, 3.05) is 13.1 Å². The number of aliphatic hydroxyl groups is 1. The van der Waals surface area contributed by atoms with Crippen LogP contribution in [0.25, 0.3) is 6.08 Å². The van der Waals surface area contributed by atoms with Gasteiger partial charge in [0.25, 0.3) is 0 Å². The molecule has 0 aromatic carbocycles. The van der Waals surface area contributed by atoms with Crippen LogP contribution in [0.2, 0.25) is 0 Å². The Hall–Kier alpha value is -1.17. The highest BCUT2D eigenvalue weighted by molar-refractivity contribution is 7.10. The SMILES string of the molecule is O=C(O)/C=C/c1ccsc1CN1CC2CCC(O)C2C1.